The number of halogens is 1. The van der Waals surface area contributed by atoms with E-state index in [-0.39, 0.29) is 5.82 Å². The van der Waals surface area contributed by atoms with Crippen LogP contribution in [0.3, 0.4) is 0 Å². The number of ether oxygens (including phenoxy) is 1. The van der Waals surface area contributed by atoms with E-state index in [0.29, 0.717) is 6.04 Å². The number of methoxy groups -OCH3 is 1. The van der Waals surface area contributed by atoms with Gasteiger partial charge in [0.25, 0.3) is 0 Å². The zero-order chi connectivity index (χ0) is 17.9. The van der Waals surface area contributed by atoms with Gasteiger partial charge in [-0.05, 0) is 61.3 Å². The van der Waals surface area contributed by atoms with Gasteiger partial charge in [-0.1, -0.05) is 18.2 Å². The molecule has 0 aliphatic carbocycles. The van der Waals surface area contributed by atoms with Crippen molar-refractivity contribution in [1.29, 1.82) is 0 Å². The number of likely N-dealkylation sites (tertiary alicyclic amines) is 1. The zero-order valence-electron chi connectivity index (χ0n) is 14.8. The minimum Gasteiger partial charge on any atom is -0.497 e. The Labute approximate surface area is 152 Å². The van der Waals surface area contributed by atoms with E-state index in [9.17, 15) is 4.39 Å². The van der Waals surface area contributed by atoms with Gasteiger partial charge in [0.15, 0.2) is 0 Å². The van der Waals surface area contributed by atoms with Crippen molar-refractivity contribution in [3.05, 3.63) is 77.9 Å². The molecule has 1 aliphatic heterocycles. The predicted molar refractivity (Wildman–Crippen MR) is 98.9 cm³/mol. The van der Waals surface area contributed by atoms with Crippen LogP contribution in [0, 0.1) is 5.82 Å². The lowest BCUT2D eigenvalue weighted by Crippen LogP contribution is -2.23. The second-order valence-electron chi connectivity index (χ2n) is 6.63. The minimum atomic E-state index is -0.251. The molecule has 134 valence electrons. The van der Waals surface area contributed by atoms with E-state index in [2.05, 4.69) is 22.1 Å². The monoisotopic (exact) mass is 351 g/mol. The fraction of sp³-hybridized carbons (Fsp3) is 0.286. The summed E-state index contributed by atoms with van der Waals surface area (Å²) in [6.45, 7) is 1.85. The zero-order valence-corrected chi connectivity index (χ0v) is 14.8. The Kier molecular flexibility index (Phi) is 4.71. The van der Waals surface area contributed by atoms with E-state index in [0.717, 1.165) is 36.6 Å². The van der Waals surface area contributed by atoms with Gasteiger partial charge < -0.3 is 4.74 Å². The highest BCUT2D eigenvalue weighted by Crippen LogP contribution is 2.33. The molecule has 0 radical (unpaired) electrons. The van der Waals surface area contributed by atoms with E-state index in [1.807, 2.05) is 30.5 Å². The molecule has 5 heteroatoms. The van der Waals surface area contributed by atoms with Crippen LogP contribution >= 0.6 is 0 Å². The number of rotatable bonds is 5. The van der Waals surface area contributed by atoms with Crippen molar-refractivity contribution < 1.29 is 9.13 Å². The Balaban J connectivity index is 1.49. The van der Waals surface area contributed by atoms with Gasteiger partial charge in [0.05, 0.1) is 18.5 Å². The maximum Gasteiger partial charge on any atom is 0.125 e. The first kappa shape index (κ1) is 16.8. The number of hydrogen-bond donors (Lipinski definition) is 0. The maximum absolute atomic E-state index is 13.4. The Morgan fingerprint density at radius 3 is 2.77 bits per heavy atom. The molecule has 4 nitrogen and oxygen atoms in total. The molecule has 4 rings (SSSR count). The van der Waals surface area contributed by atoms with E-state index < -0.39 is 0 Å². The molecule has 0 amide bonds. The summed E-state index contributed by atoms with van der Waals surface area (Å²) in [5.74, 6) is 0.630. The highest BCUT2D eigenvalue weighted by atomic mass is 19.1. The highest BCUT2D eigenvalue weighted by molar-refractivity contribution is 5.32. The van der Waals surface area contributed by atoms with Crippen molar-refractivity contribution in [2.24, 2.45) is 0 Å². The molecule has 1 aromatic heterocycles. The lowest BCUT2D eigenvalue weighted by Gasteiger charge is -2.24. The van der Waals surface area contributed by atoms with Gasteiger partial charge in [0, 0.05) is 18.8 Å². The molecule has 0 spiro atoms. The molecule has 0 N–H and O–H groups in total. The number of benzene rings is 2. The van der Waals surface area contributed by atoms with Gasteiger partial charge in [0.2, 0.25) is 0 Å². The molecular weight excluding hydrogens is 329 g/mol. The van der Waals surface area contributed by atoms with Crippen LogP contribution < -0.4 is 4.74 Å². The van der Waals surface area contributed by atoms with Gasteiger partial charge in [0.1, 0.15) is 11.6 Å². The fourth-order valence-electron chi connectivity index (χ4n) is 3.64. The minimum absolute atomic E-state index is 0.251. The van der Waals surface area contributed by atoms with Crippen LogP contribution in [-0.4, -0.2) is 28.3 Å². The average Bonchev–Trinajstić information content (AvgIpc) is 3.32. The second-order valence-corrected chi connectivity index (χ2v) is 6.63. The summed E-state index contributed by atoms with van der Waals surface area (Å²) in [5.41, 5.74) is 3.05. The van der Waals surface area contributed by atoms with E-state index >= 15 is 0 Å². The first-order valence-corrected chi connectivity index (χ1v) is 8.91. The molecule has 0 unspecified atom stereocenters. The van der Waals surface area contributed by atoms with Crippen LogP contribution in [0.1, 0.15) is 30.1 Å². The smallest absolute Gasteiger partial charge is 0.125 e. The number of nitrogens with zero attached hydrogens (tertiary/aromatic N) is 3. The van der Waals surface area contributed by atoms with Gasteiger partial charge in [-0.15, -0.1) is 0 Å². The Bertz CT molecular complexity index is 875. The predicted octanol–water partition coefficient (Wildman–Crippen LogP) is 4.36. The lowest BCUT2D eigenvalue weighted by atomic mass is 10.0. The molecule has 0 bridgehead atoms. The highest BCUT2D eigenvalue weighted by Gasteiger charge is 2.26. The second kappa shape index (κ2) is 7.30. The summed E-state index contributed by atoms with van der Waals surface area (Å²) in [7, 11) is 1.69. The Morgan fingerprint density at radius 2 is 2.00 bits per heavy atom. The van der Waals surface area contributed by atoms with Crippen molar-refractivity contribution in [3.8, 4) is 11.4 Å². The molecule has 3 aromatic rings. The van der Waals surface area contributed by atoms with Gasteiger partial charge in [-0.25, -0.2) is 9.07 Å². The summed E-state index contributed by atoms with van der Waals surface area (Å²) in [4.78, 5) is 2.46. The number of aromatic nitrogens is 2. The fourth-order valence-corrected chi connectivity index (χ4v) is 3.64. The summed E-state index contributed by atoms with van der Waals surface area (Å²) in [6.07, 6.45) is 4.22. The van der Waals surface area contributed by atoms with Gasteiger partial charge in [-0.2, -0.15) is 5.10 Å². The SMILES string of the molecule is COc1ccc([C@@H]2CCCN2Cc2ccn(-c3cccc(F)c3)n2)cc1. The first-order valence-electron chi connectivity index (χ1n) is 8.91. The molecule has 1 fully saturated rings. The molecule has 26 heavy (non-hydrogen) atoms. The van der Waals surface area contributed by atoms with Crippen LogP contribution in [0.25, 0.3) is 5.69 Å². The normalized spacial score (nSPS) is 17.5. The van der Waals surface area contributed by atoms with Crippen LogP contribution in [0.2, 0.25) is 0 Å². The van der Waals surface area contributed by atoms with Crippen molar-refractivity contribution in [1.82, 2.24) is 14.7 Å². The van der Waals surface area contributed by atoms with Crippen LogP contribution in [0.4, 0.5) is 4.39 Å². The third kappa shape index (κ3) is 3.48. The van der Waals surface area contributed by atoms with Crippen LogP contribution in [0.15, 0.2) is 60.8 Å². The van der Waals surface area contributed by atoms with E-state index in [1.165, 1.54) is 24.1 Å². The molecule has 1 saturated heterocycles. The summed E-state index contributed by atoms with van der Waals surface area (Å²) in [6, 6.07) is 17.2. The summed E-state index contributed by atoms with van der Waals surface area (Å²) in [5, 5.41) is 4.63. The van der Waals surface area contributed by atoms with Gasteiger partial charge >= 0.3 is 0 Å². The van der Waals surface area contributed by atoms with Crippen LogP contribution in [0.5, 0.6) is 5.75 Å². The van der Waals surface area contributed by atoms with Crippen molar-refractivity contribution in [2.45, 2.75) is 25.4 Å². The molecule has 0 saturated carbocycles. The largest absolute Gasteiger partial charge is 0.497 e. The van der Waals surface area contributed by atoms with Crippen molar-refractivity contribution in [3.63, 3.8) is 0 Å². The molecule has 2 heterocycles. The third-order valence-corrected chi connectivity index (χ3v) is 4.95. The quantitative estimate of drug-likeness (QED) is 0.684. The summed E-state index contributed by atoms with van der Waals surface area (Å²) < 4.78 is 20.4. The average molecular weight is 351 g/mol. The van der Waals surface area contributed by atoms with Crippen molar-refractivity contribution >= 4 is 0 Å². The number of hydrogen-bond acceptors (Lipinski definition) is 3. The maximum atomic E-state index is 13.4. The van der Waals surface area contributed by atoms with Gasteiger partial charge in [-0.3, -0.25) is 4.90 Å². The Hall–Kier alpha value is -2.66. The molecule has 1 atom stereocenters. The molecule has 1 aliphatic rings. The van der Waals surface area contributed by atoms with E-state index in [1.54, 1.807) is 17.9 Å². The van der Waals surface area contributed by atoms with Crippen molar-refractivity contribution in [2.75, 3.05) is 13.7 Å². The van der Waals surface area contributed by atoms with E-state index in [4.69, 9.17) is 4.74 Å². The first-order chi connectivity index (χ1) is 12.7. The third-order valence-electron chi connectivity index (χ3n) is 4.95. The Morgan fingerprint density at radius 1 is 1.15 bits per heavy atom. The molecular formula is C21H22FN3O. The topological polar surface area (TPSA) is 30.3 Å². The van der Waals surface area contributed by atoms with Crippen LogP contribution in [-0.2, 0) is 6.54 Å². The molecule has 2 aromatic carbocycles. The summed E-state index contributed by atoms with van der Waals surface area (Å²) >= 11 is 0. The lowest BCUT2D eigenvalue weighted by molar-refractivity contribution is 0.245. The standard InChI is InChI=1S/C21H22FN3O/c1-26-20-9-7-16(8-10-20)21-6-3-12-24(21)15-18-11-13-25(23-18)19-5-2-4-17(22)14-19/h2,4-5,7-11,13-14,21H,3,6,12,15H2,1H3/t21-/m0/s1.